The molecule has 0 radical (unpaired) electrons. The second kappa shape index (κ2) is 6.26. The molecule has 2 heterocycles. The first-order valence-electron chi connectivity index (χ1n) is 7.09. The molecule has 6 nitrogen and oxygen atoms in total. The van der Waals surface area contributed by atoms with Gasteiger partial charge in [-0.1, -0.05) is 19.1 Å². The maximum absolute atomic E-state index is 12.2. The lowest BCUT2D eigenvalue weighted by Crippen LogP contribution is -2.11. The molecule has 0 aliphatic carbocycles. The highest BCUT2D eigenvalue weighted by molar-refractivity contribution is 6.04. The van der Waals surface area contributed by atoms with Crippen LogP contribution in [0.2, 0.25) is 0 Å². The Morgan fingerprint density at radius 1 is 1.36 bits per heavy atom. The second-order valence-electron chi connectivity index (χ2n) is 4.89. The van der Waals surface area contributed by atoms with Gasteiger partial charge < -0.3 is 9.73 Å². The Hall–Kier alpha value is -2.89. The highest BCUT2D eigenvalue weighted by Gasteiger charge is 2.10. The first kappa shape index (κ1) is 14.1. The first-order chi connectivity index (χ1) is 10.8. The van der Waals surface area contributed by atoms with Gasteiger partial charge in [-0.3, -0.25) is 9.48 Å². The van der Waals surface area contributed by atoms with Gasteiger partial charge in [0.15, 0.2) is 12.2 Å². The van der Waals surface area contributed by atoms with Gasteiger partial charge in [-0.05, 0) is 18.6 Å². The van der Waals surface area contributed by atoms with E-state index >= 15 is 0 Å². The Morgan fingerprint density at radius 2 is 2.27 bits per heavy atom. The minimum absolute atomic E-state index is 0.183. The van der Waals surface area contributed by atoms with Crippen molar-refractivity contribution in [2.24, 2.45) is 0 Å². The average molecular weight is 296 g/mol. The van der Waals surface area contributed by atoms with E-state index in [1.807, 2.05) is 24.3 Å². The summed E-state index contributed by atoms with van der Waals surface area (Å²) in [6.45, 7) is 2.87. The van der Waals surface area contributed by atoms with E-state index in [4.69, 9.17) is 4.42 Å². The Balaban J connectivity index is 1.75. The molecule has 0 atom stereocenters. The van der Waals surface area contributed by atoms with Crippen molar-refractivity contribution in [3.05, 3.63) is 54.8 Å². The van der Waals surface area contributed by atoms with Crippen molar-refractivity contribution < 1.29 is 9.21 Å². The third-order valence-corrected chi connectivity index (χ3v) is 3.19. The van der Waals surface area contributed by atoms with Crippen molar-refractivity contribution in [1.29, 1.82) is 0 Å². The van der Waals surface area contributed by atoms with Crippen LogP contribution < -0.4 is 5.32 Å². The van der Waals surface area contributed by atoms with E-state index in [0.29, 0.717) is 17.0 Å². The number of nitrogens with zero attached hydrogens (tertiary/aromatic N) is 3. The number of amides is 1. The Morgan fingerprint density at radius 3 is 3.05 bits per heavy atom. The molecule has 0 unspecified atom stereocenters. The summed E-state index contributed by atoms with van der Waals surface area (Å²) in [7, 11) is 0. The van der Waals surface area contributed by atoms with Gasteiger partial charge in [-0.15, -0.1) is 0 Å². The summed E-state index contributed by atoms with van der Waals surface area (Å²) >= 11 is 0. The van der Waals surface area contributed by atoms with Crippen molar-refractivity contribution in [2.45, 2.75) is 19.9 Å². The van der Waals surface area contributed by atoms with Gasteiger partial charge in [-0.2, -0.15) is 5.10 Å². The predicted octanol–water partition coefficient (Wildman–Crippen LogP) is 3.20. The molecule has 6 heteroatoms. The molecule has 1 aromatic carbocycles. The largest absolute Gasteiger partial charge is 0.444 e. The zero-order valence-corrected chi connectivity index (χ0v) is 12.2. The van der Waals surface area contributed by atoms with Crippen LogP contribution in [0.15, 0.2) is 53.7 Å². The van der Waals surface area contributed by atoms with Gasteiger partial charge in [0.25, 0.3) is 5.91 Å². The van der Waals surface area contributed by atoms with E-state index < -0.39 is 0 Å². The summed E-state index contributed by atoms with van der Waals surface area (Å²) in [5.41, 5.74) is 2.10. The van der Waals surface area contributed by atoms with Gasteiger partial charge >= 0.3 is 0 Å². The fourth-order valence-electron chi connectivity index (χ4n) is 2.14. The third-order valence-electron chi connectivity index (χ3n) is 3.19. The van der Waals surface area contributed by atoms with Crippen LogP contribution in [-0.2, 0) is 6.54 Å². The van der Waals surface area contributed by atoms with E-state index in [1.165, 1.54) is 6.39 Å². The van der Waals surface area contributed by atoms with Crippen molar-refractivity contribution in [2.75, 3.05) is 5.32 Å². The average Bonchev–Trinajstić information content (AvgIpc) is 3.19. The minimum Gasteiger partial charge on any atom is -0.444 e. The van der Waals surface area contributed by atoms with E-state index in [1.54, 1.807) is 23.3 Å². The van der Waals surface area contributed by atoms with Crippen molar-refractivity contribution >= 4 is 11.6 Å². The number of oxazole rings is 1. The summed E-state index contributed by atoms with van der Waals surface area (Å²) < 4.78 is 7.02. The number of anilines is 1. The number of benzene rings is 1. The SMILES string of the molecule is CCCn1cc(C(=O)Nc2cccc(-c3cnco3)c2)cn1. The molecule has 22 heavy (non-hydrogen) atoms. The highest BCUT2D eigenvalue weighted by atomic mass is 16.3. The lowest BCUT2D eigenvalue weighted by atomic mass is 10.1. The molecule has 0 saturated heterocycles. The number of hydrogen-bond acceptors (Lipinski definition) is 4. The summed E-state index contributed by atoms with van der Waals surface area (Å²) in [4.78, 5) is 16.1. The number of hydrogen-bond donors (Lipinski definition) is 1. The standard InChI is InChI=1S/C16H16N4O2/c1-2-6-20-10-13(8-18-20)16(21)19-14-5-3-4-12(7-14)15-9-17-11-22-15/h3-5,7-11H,2,6H2,1H3,(H,19,21). The molecular formula is C16H16N4O2. The fraction of sp³-hybridized carbons (Fsp3) is 0.188. The number of carbonyl (C=O) groups is 1. The zero-order chi connectivity index (χ0) is 15.4. The molecule has 0 saturated carbocycles. The summed E-state index contributed by atoms with van der Waals surface area (Å²) in [5.74, 6) is 0.476. The Labute approximate surface area is 127 Å². The summed E-state index contributed by atoms with van der Waals surface area (Å²) in [6, 6.07) is 7.42. The molecule has 0 spiro atoms. The van der Waals surface area contributed by atoms with Gasteiger partial charge in [0.05, 0.1) is 18.0 Å². The normalized spacial score (nSPS) is 10.6. The number of carbonyl (C=O) groups excluding carboxylic acids is 1. The Kier molecular flexibility index (Phi) is 4.00. The highest BCUT2D eigenvalue weighted by Crippen LogP contribution is 2.22. The van der Waals surface area contributed by atoms with Crippen LogP contribution in [0.1, 0.15) is 23.7 Å². The number of aromatic nitrogens is 3. The molecule has 1 amide bonds. The molecule has 0 fully saturated rings. The molecule has 0 aliphatic rings. The molecular weight excluding hydrogens is 280 g/mol. The van der Waals surface area contributed by atoms with Gasteiger partial charge in [0.2, 0.25) is 0 Å². The number of aryl methyl sites for hydroxylation is 1. The van der Waals surface area contributed by atoms with Crippen LogP contribution in [0.4, 0.5) is 5.69 Å². The third kappa shape index (κ3) is 3.06. The van der Waals surface area contributed by atoms with Crippen LogP contribution in [0.25, 0.3) is 11.3 Å². The molecule has 0 bridgehead atoms. The van der Waals surface area contributed by atoms with Crippen LogP contribution in [0.5, 0.6) is 0 Å². The fourth-order valence-corrected chi connectivity index (χ4v) is 2.14. The summed E-state index contributed by atoms with van der Waals surface area (Å²) in [6.07, 6.45) is 7.31. The van der Waals surface area contributed by atoms with Crippen LogP contribution >= 0.6 is 0 Å². The van der Waals surface area contributed by atoms with Gasteiger partial charge in [0.1, 0.15) is 0 Å². The predicted molar refractivity (Wildman–Crippen MR) is 82.4 cm³/mol. The monoisotopic (exact) mass is 296 g/mol. The molecule has 0 aliphatic heterocycles. The van der Waals surface area contributed by atoms with E-state index in [0.717, 1.165) is 18.5 Å². The van der Waals surface area contributed by atoms with Gasteiger partial charge in [0, 0.05) is 24.0 Å². The summed E-state index contributed by atoms with van der Waals surface area (Å²) in [5, 5.41) is 7.02. The van der Waals surface area contributed by atoms with E-state index in [2.05, 4.69) is 22.3 Å². The maximum atomic E-state index is 12.2. The van der Waals surface area contributed by atoms with Crippen molar-refractivity contribution in [3.8, 4) is 11.3 Å². The molecule has 2 aromatic heterocycles. The van der Waals surface area contributed by atoms with Gasteiger partial charge in [-0.25, -0.2) is 4.98 Å². The van der Waals surface area contributed by atoms with Crippen LogP contribution in [0, 0.1) is 0 Å². The lowest BCUT2D eigenvalue weighted by molar-refractivity contribution is 0.102. The number of rotatable bonds is 5. The smallest absolute Gasteiger partial charge is 0.258 e. The zero-order valence-electron chi connectivity index (χ0n) is 12.2. The lowest BCUT2D eigenvalue weighted by Gasteiger charge is -2.05. The van der Waals surface area contributed by atoms with Crippen molar-refractivity contribution in [1.82, 2.24) is 14.8 Å². The van der Waals surface area contributed by atoms with Crippen molar-refractivity contribution in [3.63, 3.8) is 0 Å². The van der Waals surface area contributed by atoms with E-state index in [-0.39, 0.29) is 5.91 Å². The topological polar surface area (TPSA) is 73.0 Å². The van der Waals surface area contributed by atoms with Crippen LogP contribution in [0.3, 0.4) is 0 Å². The van der Waals surface area contributed by atoms with E-state index in [9.17, 15) is 4.79 Å². The Bertz CT molecular complexity index is 762. The minimum atomic E-state index is -0.183. The number of nitrogens with one attached hydrogen (secondary N) is 1. The molecule has 112 valence electrons. The molecule has 1 N–H and O–H groups in total. The maximum Gasteiger partial charge on any atom is 0.258 e. The quantitative estimate of drug-likeness (QED) is 0.784. The molecule has 3 aromatic rings. The molecule has 3 rings (SSSR count). The first-order valence-corrected chi connectivity index (χ1v) is 7.09. The second-order valence-corrected chi connectivity index (χ2v) is 4.89. The van der Waals surface area contributed by atoms with Crippen LogP contribution in [-0.4, -0.2) is 20.7 Å².